The normalized spacial score (nSPS) is 19.9. The largest absolute Gasteiger partial charge is 0.389 e. The summed E-state index contributed by atoms with van der Waals surface area (Å²) in [5.74, 6) is 0.198. The van der Waals surface area contributed by atoms with Gasteiger partial charge in [-0.15, -0.1) is 5.10 Å². The Labute approximate surface area is 174 Å². The average Bonchev–Trinajstić information content (AvgIpc) is 3.39. The van der Waals surface area contributed by atoms with Crippen molar-refractivity contribution in [1.82, 2.24) is 30.9 Å². The van der Waals surface area contributed by atoms with E-state index in [2.05, 4.69) is 30.9 Å². The molecule has 0 radical (unpaired) electrons. The summed E-state index contributed by atoms with van der Waals surface area (Å²) in [7, 11) is -4.00. The van der Waals surface area contributed by atoms with Crippen LogP contribution in [0.5, 0.6) is 0 Å². The quantitative estimate of drug-likeness (QED) is 0.470. The van der Waals surface area contributed by atoms with E-state index >= 15 is 0 Å². The van der Waals surface area contributed by atoms with Gasteiger partial charge in [0.2, 0.25) is 10.0 Å². The topological polar surface area (TPSA) is 160 Å². The van der Waals surface area contributed by atoms with Crippen molar-refractivity contribution in [3.8, 4) is 22.5 Å². The second-order valence-electron chi connectivity index (χ2n) is 7.95. The van der Waals surface area contributed by atoms with Crippen molar-refractivity contribution in [3.63, 3.8) is 0 Å². The zero-order valence-corrected chi connectivity index (χ0v) is 17.4. The van der Waals surface area contributed by atoms with Gasteiger partial charge in [0.1, 0.15) is 0 Å². The lowest BCUT2D eigenvalue weighted by Crippen LogP contribution is -2.43. The first-order chi connectivity index (χ1) is 14.1. The van der Waals surface area contributed by atoms with E-state index in [1.807, 2.05) is 12.1 Å². The minimum atomic E-state index is -4.00. The third-order valence-electron chi connectivity index (χ3n) is 5.37. The van der Waals surface area contributed by atoms with Gasteiger partial charge >= 0.3 is 0 Å². The number of sulfonamides is 1. The van der Waals surface area contributed by atoms with Gasteiger partial charge in [0.15, 0.2) is 5.82 Å². The van der Waals surface area contributed by atoms with Crippen LogP contribution in [-0.4, -0.2) is 50.8 Å². The number of pyridine rings is 1. The maximum atomic E-state index is 12.1. The van der Waals surface area contributed by atoms with E-state index in [0.717, 1.165) is 18.5 Å². The highest BCUT2D eigenvalue weighted by molar-refractivity contribution is 7.89. The van der Waals surface area contributed by atoms with Crippen LogP contribution in [0.4, 0.5) is 0 Å². The molecule has 1 saturated heterocycles. The molecule has 0 saturated carbocycles. The number of nitrogens with zero attached hydrogens (tertiary/aromatic N) is 4. The molecule has 2 atom stereocenters. The van der Waals surface area contributed by atoms with Crippen molar-refractivity contribution in [2.45, 2.75) is 49.3 Å². The summed E-state index contributed by atoms with van der Waals surface area (Å²) in [5, 5.41) is 32.6. The summed E-state index contributed by atoms with van der Waals surface area (Å²) in [6, 6.07) is 8.61. The Balaban J connectivity index is 1.71. The minimum Gasteiger partial charge on any atom is -0.389 e. The molecule has 10 nitrogen and oxygen atoms in total. The fraction of sp³-hybridized carbons (Fsp3) is 0.368. The Morgan fingerprint density at radius 2 is 2.00 bits per heavy atom. The van der Waals surface area contributed by atoms with Gasteiger partial charge in [-0.1, -0.05) is 18.2 Å². The smallest absolute Gasteiger partial charge is 0.238 e. The van der Waals surface area contributed by atoms with Gasteiger partial charge in [-0.05, 0) is 54.8 Å². The first-order valence-electron chi connectivity index (χ1n) is 9.49. The number of aromatic amines is 1. The maximum Gasteiger partial charge on any atom is 0.238 e. The molecule has 1 aromatic carbocycles. The zero-order chi connectivity index (χ0) is 21.5. The van der Waals surface area contributed by atoms with Crippen molar-refractivity contribution < 1.29 is 13.5 Å². The molecule has 30 heavy (non-hydrogen) atoms. The number of hydrogen-bond acceptors (Lipinski definition) is 8. The SMILES string of the molecule is CC(C)(O)C1CCC(c2ccc(-c3cccc(S(N)(=O)=O)c3-c3nnn[nH]3)cn2)N1. The van der Waals surface area contributed by atoms with E-state index in [0.29, 0.717) is 16.7 Å². The van der Waals surface area contributed by atoms with E-state index in [9.17, 15) is 13.5 Å². The third kappa shape index (κ3) is 3.97. The highest BCUT2D eigenvalue weighted by atomic mass is 32.2. The van der Waals surface area contributed by atoms with Gasteiger partial charge in [0.05, 0.1) is 16.2 Å². The highest BCUT2D eigenvalue weighted by Crippen LogP contribution is 2.35. The van der Waals surface area contributed by atoms with Gasteiger partial charge in [0, 0.05) is 29.4 Å². The van der Waals surface area contributed by atoms with Crippen LogP contribution in [0.3, 0.4) is 0 Å². The summed E-state index contributed by atoms with van der Waals surface area (Å²) in [6.07, 6.45) is 3.41. The van der Waals surface area contributed by atoms with Crippen molar-refractivity contribution in [2.24, 2.45) is 5.14 Å². The van der Waals surface area contributed by atoms with E-state index in [-0.39, 0.29) is 22.8 Å². The second kappa shape index (κ2) is 7.51. The monoisotopic (exact) mass is 429 g/mol. The van der Waals surface area contributed by atoms with Crippen LogP contribution >= 0.6 is 0 Å². The Morgan fingerprint density at radius 1 is 1.20 bits per heavy atom. The fourth-order valence-electron chi connectivity index (χ4n) is 3.82. The number of aromatic nitrogens is 5. The molecule has 2 unspecified atom stereocenters. The summed E-state index contributed by atoms with van der Waals surface area (Å²) in [4.78, 5) is 4.51. The number of tetrazole rings is 1. The zero-order valence-electron chi connectivity index (χ0n) is 16.6. The lowest BCUT2D eigenvalue weighted by atomic mass is 9.98. The third-order valence-corrected chi connectivity index (χ3v) is 6.32. The van der Waals surface area contributed by atoms with Gasteiger partial charge < -0.3 is 10.4 Å². The Kier molecular flexibility index (Phi) is 5.14. The molecule has 3 aromatic rings. The van der Waals surface area contributed by atoms with Gasteiger partial charge in [-0.25, -0.2) is 18.7 Å². The number of nitrogens with one attached hydrogen (secondary N) is 2. The van der Waals surface area contributed by atoms with Gasteiger partial charge in [-0.3, -0.25) is 4.98 Å². The van der Waals surface area contributed by atoms with Crippen LogP contribution in [0.2, 0.25) is 0 Å². The van der Waals surface area contributed by atoms with Crippen molar-refractivity contribution >= 4 is 10.0 Å². The number of benzene rings is 1. The number of primary sulfonamides is 1. The molecule has 1 fully saturated rings. The van der Waals surface area contributed by atoms with Crippen LogP contribution in [0, 0.1) is 0 Å². The predicted molar refractivity (Wildman–Crippen MR) is 109 cm³/mol. The molecular formula is C19H23N7O3S. The molecule has 158 valence electrons. The highest BCUT2D eigenvalue weighted by Gasteiger charge is 2.35. The molecule has 5 N–H and O–H groups in total. The molecule has 3 heterocycles. The van der Waals surface area contributed by atoms with E-state index in [1.165, 1.54) is 6.07 Å². The van der Waals surface area contributed by atoms with Crippen LogP contribution in [0.1, 0.15) is 38.4 Å². The van der Waals surface area contributed by atoms with Crippen molar-refractivity contribution in [3.05, 3.63) is 42.2 Å². The number of H-pyrrole nitrogens is 1. The first-order valence-corrected chi connectivity index (χ1v) is 11.0. The van der Waals surface area contributed by atoms with E-state index < -0.39 is 15.6 Å². The van der Waals surface area contributed by atoms with Crippen LogP contribution in [0.15, 0.2) is 41.4 Å². The average molecular weight is 430 g/mol. The second-order valence-corrected chi connectivity index (χ2v) is 9.48. The standard InChI is InChI=1S/C19H23N7O3S/c1-19(2,27)16-9-8-14(22-16)13-7-6-11(10-21-13)12-4-3-5-15(30(20,28)29)17(12)18-23-25-26-24-18/h3-7,10,14,16,22,27H,8-9H2,1-2H3,(H2,20,28,29)(H,23,24,25,26). The van der Waals surface area contributed by atoms with E-state index in [4.69, 9.17) is 5.14 Å². The maximum absolute atomic E-state index is 12.1. The van der Waals surface area contributed by atoms with Gasteiger partial charge in [-0.2, -0.15) is 0 Å². The lowest BCUT2D eigenvalue weighted by molar-refractivity contribution is 0.0431. The number of hydrogen-bond donors (Lipinski definition) is 4. The fourth-order valence-corrected chi connectivity index (χ4v) is 4.58. The van der Waals surface area contributed by atoms with Gasteiger partial charge in [0.25, 0.3) is 0 Å². The summed E-state index contributed by atoms with van der Waals surface area (Å²) in [5.41, 5.74) is 1.64. The molecule has 0 spiro atoms. The number of aliphatic hydroxyl groups is 1. The first kappa shape index (κ1) is 20.5. The molecule has 1 aliphatic rings. The van der Waals surface area contributed by atoms with Crippen LogP contribution in [0.25, 0.3) is 22.5 Å². The molecule has 2 aromatic heterocycles. The summed E-state index contributed by atoms with van der Waals surface area (Å²) >= 11 is 0. The predicted octanol–water partition coefficient (Wildman–Crippen LogP) is 1.14. The van der Waals surface area contributed by atoms with Crippen LogP contribution < -0.4 is 10.5 Å². The van der Waals surface area contributed by atoms with Crippen molar-refractivity contribution in [2.75, 3.05) is 0 Å². The molecule has 1 aliphatic heterocycles. The molecule has 0 aliphatic carbocycles. The summed E-state index contributed by atoms with van der Waals surface area (Å²) < 4.78 is 24.2. The molecule has 4 rings (SSSR count). The summed E-state index contributed by atoms with van der Waals surface area (Å²) in [6.45, 7) is 3.59. The van der Waals surface area contributed by atoms with E-state index in [1.54, 1.807) is 32.2 Å². The molecule has 0 bridgehead atoms. The minimum absolute atomic E-state index is 0.000902. The van der Waals surface area contributed by atoms with Crippen LogP contribution in [-0.2, 0) is 10.0 Å². The number of rotatable bonds is 5. The van der Waals surface area contributed by atoms with Crippen molar-refractivity contribution in [1.29, 1.82) is 0 Å². The Morgan fingerprint density at radius 3 is 2.57 bits per heavy atom. The Bertz CT molecular complexity index is 1140. The molecule has 11 heteroatoms. The molecular weight excluding hydrogens is 406 g/mol. The lowest BCUT2D eigenvalue weighted by Gasteiger charge is -2.26. The Hall–Kier alpha value is -2.73. The molecule has 0 amide bonds. The number of nitrogens with two attached hydrogens (primary N) is 1.